The third-order valence-corrected chi connectivity index (χ3v) is 2.23. The van der Waals surface area contributed by atoms with Crippen LogP contribution in [-0.4, -0.2) is 13.3 Å². The first kappa shape index (κ1) is 12.3. The Hall–Kier alpha value is -0.800. The van der Waals surface area contributed by atoms with E-state index in [1.165, 1.54) is 0 Å². The highest BCUT2D eigenvalue weighted by atomic mass is 35.5. The van der Waals surface area contributed by atoms with Gasteiger partial charge in [0, 0.05) is 23.0 Å². The Bertz CT molecular complexity index is 317. The molecule has 0 aliphatic heterocycles. The van der Waals surface area contributed by atoms with Crippen LogP contribution in [0.1, 0.15) is 24.9 Å². The molecule has 1 aromatic carbocycles. The van der Waals surface area contributed by atoms with Gasteiger partial charge >= 0.3 is 0 Å². The van der Waals surface area contributed by atoms with Crippen molar-refractivity contribution >= 4 is 11.6 Å². The average Bonchev–Trinajstić information content (AvgIpc) is 2.20. The fourth-order valence-corrected chi connectivity index (χ4v) is 1.42. The average molecular weight is 232 g/mol. The zero-order chi connectivity index (χ0) is 11.3. The van der Waals surface area contributed by atoms with Crippen LogP contribution in [0.15, 0.2) is 18.2 Å². The van der Waals surface area contributed by atoms with Crippen LogP contribution in [0.5, 0.6) is 5.75 Å². The van der Waals surface area contributed by atoms with Gasteiger partial charge < -0.3 is 10.5 Å². The monoisotopic (exact) mass is 231 g/mol. The van der Waals surface area contributed by atoms with Gasteiger partial charge in [0.1, 0.15) is 5.75 Å². The summed E-state index contributed by atoms with van der Waals surface area (Å²) >= 11 is 5.85. The minimum absolute atomic E-state index is 0.149. The van der Waals surface area contributed by atoms with Crippen LogP contribution in [0.2, 0.25) is 5.02 Å². The molecule has 1 aromatic rings. The van der Waals surface area contributed by atoms with Crippen LogP contribution in [-0.2, 0) is 0 Å². The lowest BCUT2D eigenvalue weighted by Crippen LogP contribution is -2.09. The molecule has 0 saturated carbocycles. The quantitative estimate of drug-likeness (QED) is 0.791. The Labute approximate surface area is 94.2 Å². The Balaban J connectivity index is 2.77. The van der Waals surface area contributed by atoms with Gasteiger partial charge in [-0.25, -0.2) is 0 Å². The SMILES string of the molecule is CC(N)c1cc(Cl)ccc1OCCCF. The molecular weight excluding hydrogens is 217 g/mol. The molecule has 15 heavy (non-hydrogen) atoms. The van der Waals surface area contributed by atoms with Gasteiger partial charge in [-0.2, -0.15) is 0 Å². The van der Waals surface area contributed by atoms with E-state index in [1.807, 2.05) is 6.92 Å². The van der Waals surface area contributed by atoms with Gasteiger partial charge in [0.05, 0.1) is 13.3 Å². The minimum atomic E-state index is -0.374. The molecule has 1 rings (SSSR count). The summed E-state index contributed by atoms with van der Waals surface area (Å²) in [7, 11) is 0. The Morgan fingerprint density at radius 3 is 2.87 bits per heavy atom. The van der Waals surface area contributed by atoms with Gasteiger partial charge in [-0.15, -0.1) is 0 Å². The first-order valence-electron chi connectivity index (χ1n) is 4.89. The summed E-state index contributed by atoms with van der Waals surface area (Å²) in [6.07, 6.45) is 0.390. The molecule has 0 radical (unpaired) electrons. The molecule has 84 valence electrons. The minimum Gasteiger partial charge on any atom is -0.493 e. The van der Waals surface area contributed by atoms with Crippen LogP contribution in [0.25, 0.3) is 0 Å². The number of hydrogen-bond acceptors (Lipinski definition) is 2. The summed E-state index contributed by atoms with van der Waals surface area (Å²) in [5.41, 5.74) is 6.62. The Kier molecular flexibility index (Phi) is 4.85. The molecule has 4 heteroatoms. The van der Waals surface area contributed by atoms with E-state index >= 15 is 0 Å². The Morgan fingerprint density at radius 1 is 1.53 bits per heavy atom. The molecule has 0 saturated heterocycles. The van der Waals surface area contributed by atoms with Crippen LogP contribution >= 0.6 is 11.6 Å². The first-order valence-corrected chi connectivity index (χ1v) is 5.26. The lowest BCUT2D eigenvalue weighted by atomic mass is 10.1. The van der Waals surface area contributed by atoms with E-state index in [2.05, 4.69) is 0 Å². The summed E-state index contributed by atoms with van der Waals surface area (Å²) in [4.78, 5) is 0. The number of alkyl halides is 1. The van der Waals surface area contributed by atoms with Crippen LogP contribution in [0.4, 0.5) is 4.39 Å². The van der Waals surface area contributed by atoms with Crippen molar-refractivity contribution in [2.75, 3.05) is 13.3 Å². The van der Waals surface area contributed by atoms with Crippen molar-refractivity contribution in [2.45, 2.75) is 19.4 Å². The van der Waals surface area contributed by atoms with E-state index in [1.54, 1.807) is 18.2 Å². The standard InChI is InChI=1S/C11H15ClFNO/c1-8(14)10-7-9(12)3-4-11(10)15-6-2-5-13/h3-4,7-8H,2,5-6,14H2,1H3. The number of halogens is 2. The van der Waals surface area contributed by atoms with Crippen LogP contribution < -0.4 is 10.5 Å². The second kappa shape index (κ2) is 5.93. The summed E-state index contributed by atoms with van der Waals surface area (Å²) in [5, 5.41) is 0.625. The smallest absolute Gasteiger partial charge is 0.124 e. The molecular formula is C11H15ClFNO. The number of ether oxygens (including phenoxy) is 1. The van der Waals surface area contributed by atoms with E-state index in [9.17, 15) is 4.39 Å². The van der Waals surface area contributed by atoms with Crippen molar-refractivity contribution in [2.24, 2.45) is 5.73 Å². The molecule has 0 spiro atoms. The second-order valence-corrected chi connectivity index (χ2v) is 3.80. The normalized spacial score (nSPS) is 12.5. The van der Waals surface area contributed by atoms with E-state index in [-0.39, 0.29) is 12.7 Å². The zero-order valence-corrected chi connectivity index (χ0v) is 9.43. The summed E-state index contributed by atoms with van der Waals surface area (Å²) in [6.45, 7) is 1.84. The number of hydrogen-bond donors (Lipinski definition) is 1. The van der Waals surface area contributed by atoms with Gasteiger partial charge in [0.2, 0.25) is 0 Å². The maximum Gasteiger partial charge on any atom is 0.124 e. The molecule has 0 aromatic heterocycles. The predicted molar refractivity (Wildman–Crippen MR) is 60.1 cm³/mol. The molecule has 0 aliphatic carbocycles. The van der Waals surface area contributed by atoms with E-state index in [0.29, 0.717) is 23.8 Å². The highest BCUT2D eigenvalue weighted by Gasteiger charge is 2.08. The molecule has 0 heterocycles. The lowest BCUT2D eigenvalue weighted by Gasteiger charge is -2.13. The van der Waals surface area contributed by atoms with Crippen molar-refractivity contribution in [3.05, 3.63) is 28.8 Å². The van der Waals surface area contributed by atoms with Crippen molar-refractivity contribution in [1.82, 2.24) is 0 Å². The van der Waals surface area contributed by atoms with Crippen molar-refractivity contribution in [3.63, 3.8) is 0 Å². The summed E-state index contributed by atoms with van der Waals surface area (Å²) in [6, 6.07) is 5.12. The largest absolute Gasteiger partial charge is 0.493 e. The van der Waals surface area contributed by atoms with Crippen molar-refractivity contribution in [1.29, 1.82) is 0 Å². The molecule has 0 fully saturated rings. The molecule has 2 nitrogen and oxygen atoms in total. The number of benzene rings is 1. The topological polar surface area (TPSA) is 35.2 Å². The number of rotatable bonds is 5. The van der Waals surface area contributed by atoms with E-state index in [4.69, 9.17) is 22.1 Å². The van der Waals surface area contributed by atoms with Gasteiger partial charge in [-0.05, 0) is 25.1 Å². The fraction of sp³-hybridized carbons (Fsp3) is 0.455. The van der Waals surface area contributed by atoms with Crippen molar-refractivity contribution in [3.8, 4) is 5.75 Å². The first-order chi connectivity index (χ1) is 7.15. The lowest BCUT2D eigenvalue weighted by molar-refractivity contribution is 0.286. The van der Waals surface area contributed by atoms with Crippen molar-refractivity contribution < 1.29 is 9.13 Å². The molecule has 2 N–H and O–H groups in total. The van der Waals surface area contributed by atoms with Gasteiger partial charge in [0.15, 0.2) is 0 Å². The molecule has 0 amide bonds. The highest BCUT2D eigenvalue weighted by molar-refractivity contribution is 6.30. The van der Waals surface area contributed by atoms with E-state index in [0.717, 1.165) is 5.56 Å². The molecule has 1 unspecified atom stereocenters. The molecule has 1 atom stereocenters. The fourth-order valence-electron chi connectivity index (χ4n) is 1.24. The maximum atomic E-state index is 11.9. The summed E-state index contributed by atoms with van der Waals surface area (Å²) in [5.74, 6) is 0.683. The number of nitrogens with two attached hydrogens (primary N) is 1. The second-order valence-electron chi connectivity index (χ2n) is 3.36. The summed E-state index contributed by atoms with van der Waals surface area (Å²) < 4.78 is 17.3. The predicted octanol–water partition coefficient (Wildman–Crippen LogP) is 3.10. The molecule has 0 bridgehead atoms. The van der Waals surface area contributed by atoms with E-state index < -0.39 is 0 Å². The van der Waals surface area contributed by atoms with Gasteiger partial charge in [0.25, 0.3) is 0 Å². The third kappa shape index (κ3) is 3.68. The third-order valence-electron chi connectivity index (χ3n) is 2.00. The van der Waals surface area contributed by atoms with Gasteiger partial charge in [-0.1, -0.05) is 11.6 Å². The maximum absolute atomic E-state index is 11.9. The van der Waals surface area contributed by atoms with Crippen LogP contribution in [0.3, 0.4) is 0 Å². The Morgan fingerprint density at radius 2 is 2.27 bits per heavy atom. The zero-order valence-electron chi connectivity index (χ0n) is 8.67. The van der Waals surface area contributed by atoms with Gasteiger partial charge in [-0.3, -0.25) is 4.39 Å². The highest BCUT2D eigenvalue weighted by Crippen LogP contribution is 2.27. The molecule has 0 aliphatic rings. The van der Waals surface area contributed by atoms with Crippen LogP contribution in [0, 0.1) is 0 Å².